The molecule has 1 aliphatic rings. The van der Waals surface area contributed by atoms with E-state index in [9.17, 15) is 18.0 Å². The second-order valence-corrected chi connectivity index (χ2v) is 8.45. The van der Waals surface area contributed by atoms with Crippen LogP contribution in [0.5, 0.6) is 0 Å². The number of fused-ring (bicyclic) bond motifs is 1. The van der Waals surface area contributed by atoms with Gasteiger partial charge in [0.25, 0.3) is 5.91 Å². The van der Waals surface area contributed by atoms with Gasteiger partial charge in [-0.25, -0.2) is 0 Å². The molecule has 1 heterocycles. The van der Waals surface area contributed by atoms with Crippen molar-refractivity contribution in [2.24, 2.45) is 5.92 Å². The Labute approximate surface area is 183 Å². The maximum Gasteiger partial charge on any atom is 0.416 e. The summed E-state index contributed by atoms with van der Waals surface area (Å²) in [7, 11) is 0. The first-order chi connectivity index (χ1) is 14.8. The van der Waals surface area contributed by atoms with E-state index < -0.39 is 17.6 Å². The number of halogens is 4. The molecular formula is C23H23ClF3N3O. The summed E-state index contributed by atoms with van der Waals surface area (Å²) >= 11 is 5.97. The van der Waals surface area contributed by atoms with Gasteiger partial charge in [0.2, 0.25) is 0 Å². The van der Waals surface area contributed by atoms with Crippen LogP contribution in [0.3, 0.4) is 0 Å². The van der Waals surface area contributed by atoms with Crippen molar-refractivity contribution in [2.45, 2.75) is 37.9 Å². The minimum Gasteiger partial charge on any atom is -0.385 e. The lowest BCUT2D eigenvalue weighted by Crippen LogP contribution is -2.38. The molecule has 2 aromatic carbocycles. The lowest BCUT2D eigenvalue weighted by molar-refractivity contribution is -0.137. The molecule has 0 atom stereocenters. The largest absolute Gasteiger partial charge is 0.416 e. The van der Waals surface area contributed by atoms with Gasteiger partial charge >= 0.3 is 6.18 Å². The summed E-state index contributed by atoms with van der Waals surface area (Å²) in [5.74, 6) is -0.0790. The van der Waals surface area contributed by atoms with Crippen molar-refractivity contribution >= 4 is 34.1 Å². The van der Waals surface area contributed by atoms with E-state index >= 15 is 0 Å². The third-order valence-electron chi connectivity index (χ3n) is 5.87. The van der Waals surface area contributed by atoms with Gasteiger partial charge in [-0.05, 0) is 74.1 Å². The van der Waals surface area contributed by atoms with E-state index in [2.05, 4.69) is 21.7 Å². The van der Waals surface area contributed by atoms with Crippen LogP contribution in [0, 0.1) is 5.92 Å². The summed E-state index contributed by atoms with van der Waals surface area (Å²) in [4.78, 5) is 15.7. The number of rotatable bonds is 5. The molecule has 31 heavy (non-hydrogen) atoms. The summed E-state index contributed by atoms with van der Waals surface area (Å²) in [5, 5.41) is 7.51. The van der Waals surface area contributed by atoms with Crippen molar-refractivity contribution in [3.05, 3.63) is 64.8 Å². The van der Waals surface area contributed by atoms with E-state index in [0.717, 1.165) is 67.0 Å². The first-order valence-electron chi connectivity index (χ1n) is 10.3. The molecule has 4 nitrogen and oxygen atoms in total. The third-order valence-corrected chi connectivity index (χ3v) is 6.20. The van der Waals surface area contributed by atoms with E-state index in [1.165, 1.54) is 0 Å². The van der Waals surface area contributed by atoms with Gasteiger partial charge in [0, 0.05) is 35.4 Å². The van der Waals surface area contributed by atoms with E-state index in [1.54, 1.807) is 0 Å². The molecule has 0 aliphatic heterocycles. The smallest absolute Gasteiger partial charge is 0.385 e. The summed E-state index contributed by atoms with van der Waals surface area (Å²) in [6, 6.07) is 11.0. The molecular weight excluding hydrogens is 427 g/mol. The van der Waals surface area contributed by atoms with Crippen LogP contribution in [0.4, 0.5) is 18.9 Å². The number of hydrogen-bond donors (Lipinski definition) is 3. The first-order valence-corrected chi connectivity index (χ1v) is 10.7. The predicted molar refractivity (Wildman–Crippen MR) is 116 cm³/mol. The molecule has 0 radical (unpaired) electrons. The summed E-state index contributed by atoms with van der Waals surface area (Å²) in [6.07, 6.45) is 0.825. The number of nitrogens with one attached hydrogen (secondary N) is 3. The van der Waals surface area contributed by atoms with Gasteiger partial charge < -0.3 is 15.6 Å². The highest BCUT2D eigenvalue weighted by Crippen LogP contribution is 2.32. The molecule has 1 saturated carbocycles. The standard InChI is InChI=1S/C23H23ClF3N3O/c24-20-7-3-16(23(25,26)27)12-19(20)22(31)30-17-4-1-14(2-5-17)13-29-18-6-8-21-15(11-18)9-10-28-21/h3,6-12,14,17,28-29H,1-2,4-5,13H2,(H,30,31). The van der Waals surface area contributed by atoms with Crippen LogP contribution in [-0.4, -0.2) is 23.5 Å². The highest BCUT2D eigenvalue weighted by atomic mass is 35.5. The normalized spacial score (nSPS) is 19.4. The molecule has 1 amide bonds. The highest BCUT2D eigenvalue weighted by Gasteiger charge is 2.32. The van der Waals surface area contributed by atoms with Crippen molar-refractivity contribution in [2.75, 3.05) is 11.9 Å². The van der Waals surface area contributed by atoms with Gasteiger partial charge in [0.15, 0.2) is 0 Å². The molecule has 1 fully saturated rings. The Kier molecular flexibility index (Phi) is 6.14. The molecule has 0 spiro atoms. The predicted octanol–water partition coefficient (Wildman–Crippen LogP) is 6.24. The van der Waals surface area contributed by atoms with Gasteiger partial charge in [-0.15, -0.1) is 0 Å². The quantitative estimate of drug-likeness (QED) is 0.431. The number of amides is 1. The van der Waals surface area contributed by atoms with Crippen LogP contribution < -0.4 is 10.6 Å². The molecule has 1 aliphatic carbocycles. The molecule has 8 heteroatoms. The monoisotopic (exact) mass is 449 g/mol. The summed E-state index contributed by atoms with van der Waals surface area (Å²) < 4.78 is 38.8. The molecule has 0 unspecified atom stereocenters. The Bertz CT molecular complexity index is 1070. The van der Waals surface area contributed by atoms with Crippen LogP contribution in [0.2, 0.25) is 5.02 Å². The van der Waals surface area contributed by atoms with Gasteiger partial charge in [-0.2, -0.15) is 13.2 Å². The summed E-state index contributed by atoms with van der Waals surface area (Å²) in [5.41, 5.74) is 1.15. The fourth-order valence-corrected chi connectivity index (χ4v) is 4.28. The number of aromatic nitrogens is 1. The molecule has 4 rings (SSSR count). The van der Waals surface area contributed by atoms with E-state index in [4.69, 9.17) is 11.6 Å². The van der Waals surface area contributed by atoms with Crippen LogP contribution in [-0.2, 0) is 6.18 Å². The second kappa shape index (κ2) is 8.83. The van der Waals surface area contributed by atoms with Crippen molar-refractivity contribution in [1.29, 1.82) is 0 Å². The first kappa shape index (κ1) is 21.6. The third kappa shape index (κ3) is 5.15. The van der Waals surface area contributed by atoms with E-state index in [-0.39, 0.29) is 16.6 Å². The Morgan fingerprint density at radius 3 is 2.58 bits per heavy atom. The Morgan fingerprint density at radius 1 is 1.06 bits per heavy atom. The lowest BCUT2D eigenvalue weighted by Gasteiger charge is -2.29. The fraction of sp³-hybridized carbons (Fsp3) is 0.348. The zero-order valence-corrected chi connectivity index (χ0v) is 17.5. The van der Waals surface area contributed by atoms with E-state index in [0.29, 0.717) is 5.92 Å². The minimum absolute atomic E-state index is 0.0165. The fourth-order valence-electron chi connectivity index (χ4n) is 4.08. The SMILES string of the molecule is O=C(NC1CCC(CNc2ccc3[nH]ccc3c2)CC1)c1cc(C(F)(F)F)ccc1Cl. The maximum atomic E-state index is 12.9. The van der Waals surface area contributed by atoms with Crippen LogP contribution in [0.1, 0.15) is 41.6 Å². The number of carbonyl (C=O) groups is 1. The number of anilines is 1. The Morgan fingerprint density at radius 2 is 1.84 bits per heavy atom. The number of carbonyl (C=O) groups excluding carboxylic acids is 1. The second-order valence-electron chi connectivity index (χ2n) is 8.04. The van der Waals surface area contributed by atoms with Crippen molar-refractivity contribution in [1.82, 2.24) is 10.3 Å². The number of H-pyrrole nitrogens is 1. The zero-order valence-electron chi connectivity index (χ0n) is 16.7. The van der Waals surface area contributed by atoms with Gasteiger partial charge in [0.1, 0.15) is 0 Å². The molecule has 3 aromatic rings. The molecule has 0 bridgehead atoms. The molecule has 3 N–H and O–H groups in total. The van der Waals surface area contributed by atoms with Crippen molar-refractivity contribution in [3.63, 3.8) is 0 Å². The van der Waals surface area contributed by atoms with Crippen molar-refractivity contribution in [3.8, 4) is 0 Å². The topological polar surface area (TPSA) is 56.9 Å². The lowest BCUT2D eigenvalue weighted by atomic mass is 9.86. The number of aromatic amines is 1. The maximum absolute atomic E-state index is 12.9. The highest BCUT2D eigenvalue weighted by molar-refractivity contribution is 6.33. The number of hydrogen-bond acceptors (Lipinski definition) is 2. The molecule has 164 valence electrons. The van der Waals surface area contributed by atoms with Gasteiger partial charge in [-0.1, -0.05) is 11.6 Å². The number of benzene rings is 2. The molecule has 1 aromatic heterocycles. The number of alkyl halides is 3. The average molecular weight is 450 g/mol. The van der Waals surface area contributed by atoms with Crippen LogP contribution in [0.25, 0.3) is 10.9 Å². The van der Waals surface area contributed by atoms with Crippen LogP contribution >= 0.6 is 11.6 Å². The zero-order chi connectivity index (χ0) is 22.0. The van der Waals surface area contributed by atoms with Crippen LogP contribution in [0.15, 0.2) is 48.7 Å². The summed E-state index contributed by atoms with van der Waals surface area (Å²) in [6.45, 7) is 0.843. The van der Waals surface area contributed by atoms with Crippen molar-refractivity contribution < 1.29 is 18.0 Å². The van der Waals surface area contributed by atoms with Gasteiger partial charge in [0.05, 0.1) is 16.1 Å². The molecule has 0 saturated heterocycles. The van der Waals surface area contributed by atoms with Gasteiger partial charge in [-0.3, -0.25) is 4.79 Å². The van der Waals surface area contributed by atoms with E-state index in [1.807, 2.05) is 24.4 Å². The Hall–Kier alpha value is -2.67. The Balaban J connectivity index is 1.28. The minimum atomic E-state index is -4.52. The average Bonchev–Trinajstić information content (AvgIpc) is 3.20.